The summed E-state index contributed by atoms with van der Waals surface area (Å²) in [5.41, 5.74) is 1.95. The summed E-state index contributed by atoms with van der Waals surface area (Å²) < 4.78 is 7.14. The summed E-state index contributed by atoms with van der Waals surface area (Å²) in [6.07, 6.45) is 0.916. The molecule has 3 aromatic rings. The van der Waals surface area contributed by atoms with E-state index < -0.39 is 0 Å². The zero-order chi connectivity index (χ0) is 20.8. The van der Waals surface area contributed by atoms with Gasteiger partial charge in [-0.25, -0.2) is 9.67 Å². The fraction of sp³-hybridized carbons (Fsp3) is 0.350. The Bertz CT molecular complexity index is 966. The minimum Gasteiger partial charge on any atom is -0.483 e. The van der Waals surface area contributed by atoms with E-state index >= 15 is 0 Å². The molecule has 3 heterocycles. The first kappa shape index (κ1) is 20.2. The number of hydrogen-bond donors (Lipinski definition) is 1. The minimum atomic E-state index is -0.250. The topological polar surface area (TPSA) is 114 Å². The normalized spacial score (nSPS) is 15.2. The monoisotopic (exact) mass is 397 g/mol. The molecule has 152 valence electrons. The van der Waals surface area contributed by atoms with E-state index in [2.05, 4.69) is 27.4 Å². The van der Waals surface area contributed by atoms with Gasteiger partial charge in [0.1, 0.15) is 17.4 Å². The predicted octanol–water partition coefficient (Wildman–Crippen LogP) is 1.95. The second-order valence-corrected chi connectivity index (χ2v) is 6.75. The predicted molar refractivity (Wildman–Crippen MR) is 103 cm³/mol. The smallest absolute Gasteiger partial charge is 0.290 e. The summed E-state index contributed by atoms with van der Waals surface area (Å²) in [5.74, 6) is 2.20. The Balaban J connectivity index is 0.000000755. The number of aromatic nitrogens is 4. The molecule has 0 saturated heterocycles. The third kappa shape index (κ3) is 4.87. The van der Waals surface area contributed by atoms with E-state index in [1.165, 1.54) is 5.56 Å². The molecule has 1 amide bonds. The molecule has 0 bridgehead atoms. The van der Waals surface area contributed by atoms with Gasteiger partial charge in [0.2, 0.25) is 5.91 Å². The van der Waals surface area contributed by atoms with Crippen molar-refractivity contribution in [2.24, 2.45) is 0 Å². The lowest BCUT2D eigenvalue weighted by Gasteiger charge is -2.35. The van der Waals surface area contributed by atoms with Crippen molar-refractivity contribution in [2.45, 2.75) is 39.3 Å². The number of carbonyl (C=O) groups excluding carboxylic acids is 1. The SMILES string of the molecule is Cc1cc(CC(=O)N2CCn3nc(C)nc3[C@@H]2Cc2ccccc2)on1.O=CO. The molecule has 29 heavy (non-hydrogen) atoms. The van der Waals surface area contributed by atoms with Crippen molar-refractivity contribution in [3.8, 4) is 0 Å². The average Bonchev–Trinajstić information content (AvgIpc) is 3.28. The van der Waals surface area contributed by atoms with Crippen molar-refractivity contribution in [1.82, 2.24) is 24.8 Å². The summed E-state index contributed by atoms with van der Waals surface area (Å²) in [4.78, 5) is 27.8. The van der Waals surface area contributed by atoms with Gasteiger partial charge in [-0.15, -0.1) is 0 Å². The number of rotatable bonds is 4. The van der Waals surface area contributed by atoms with Gasteiger partial charge < -0.3 is 14.5 Å². The number of fused-ring (bicyclic) bond motifs is 1. The Morgan fingerprint density at radius 2 is 2.00 bits per heavy atom. The highest BCUT2D eigenvalue weighted by molar-refractivity contribution is 5.78. The van der Waals surface area contributed by atoms with Gasteiger partial charge in [-0.05, 0) is 19.4 Å². The number of carboxylic acid groups (broad SMARTS) is 1. The molecule has 1 aromatic carbocycles. The number of hydrogen-bond acceptors (Lipinski definition) is 6. The van der Waals surface area contributed by atoms with E-state index in [9.17, 15) is 4.79 Å². The molecule has 0 radical (unpaired) electrons. The molecule has 0 saturated carbocycles. The van der Waals surface area contributed by atoms with Gasteiger partial charge >= 0.3 is 0 Å². The van der Waals surface area contributed by atoms with Crippen LogP contribution in [0.5, 0.6) is 0 Å². The molecule has 9 heteroatoms. The lowest BCUT2D eigenvalue weighted by molar-refractivity contribution is -0.134. The summed E-state index contributed by atoms with van der Waals surface area (Å²) in [5, 5.41) is 15.2. The van der Waals surface area contributed by atoms with E-state index in [1.54, 1.807) is 6.07 Å². The molecular weight excluding hydrogens is 374 g/mol. The highest BCUT2D eigenvalue weighted by Gasteiger charge is 2.33. The van der Waals surface area contributed by atoms with Crippen molar-refractivity contribution in [2.75, 3.05) is 6.54 Å². The molecule has 1 atom stereocenters. The maximum absolute atomic E-state index is 13.0. The summed E-state index contributed by atoms with van der Waals surface area (Å²) in [6.45, 7) is 4.75. The third-order valence-electron chi connectivity index (χ3n) is 4.63. The first-order valence-corrected chi connectivity index (χ1v) is 9.26. The molecule has 4 rings (SSSR count). The molecule has 0 spiro atoms. The molecule has 1 aliphatic rings. The van der Waals surface area contributed by atoms with Crippen LogP contribution in [0.25, 0.3) is 0 Å². The van der Waals surface area contributed by atoms with Crippen LogP contribution in [0.4, 0.5) is 0 Å². The standard InChI is InChI=1S/C19H21N5O2.CH2O2/c1-13-10-16(26-22-13)12-18(25)23-8-9-24-19(20-14(2)21-24)17(23)11-15-6-4-3-5-7-15;2-1-3/h3-7,10,17H,8-9,11-12H2,1-2H3;1H,(H,2,3)/t17-;/m0./s1. The van der Waals surface area contributed by atoms with Crippen LogP contribution in [-0.4, -0.2) is 48.9 Å². The first-order valence-electron chi connectivity index (χ1n) is 9.26. The number of carbonyl (C=O) groups is 2. The lowest BCUT2D eigenvalue weighted by Crippen LogP contribution is -2.44. The largest absolute Gasteiger partial charge is 0.483 e. The van der Waals surface area contributed by atoms with Crippen LogP contribution >= 0.6 is 0 Å². The van der Waals surface area contributed by atoms with Crippen molar-refractivity contribution in [3.05, 3.63) is 65.1 Å². The van der Waals surface area contributed by atoms with Gasteiger partial charge in [0, 0.05) is 19.0 Å². The van der Waals surface area contributed by atoms with Crippen LogP contribution in [-0.2, 0) is 29.0 Å². The Kier molecular flexibility index (Phi) is 6.38. The maximum atomic E-state index is 13.0. The van der Waals surface area contributed by atoms with Crippen LogP contribution in [0.2, 0.25) is 0 Å². The molecular formula is C20H23N5O4. The minimum absolute atomic E-state index is 0.0222. The van der Waals surface area contributed by atoms with E-state index in [0.717, 1.165) is 17.3 Å². The van der Waals surface area contributed by atoms with Crippen molar-refractivity contribution >= 4 is 12.4 Å². The Hall–Kier alpha value is -3.49. The highest BCUT2D eigenvalue weighted by Crippen LogP contribution is 2.28. The third-order valence-corrected chi connectivity index (χ3v) is 4.63. The molecule has 0 fully saturated rings. The van der Waals surface area contributed by atoms with Crippen molar-refractivity contribution < 1.29 is 19.2 Å². The van der Waals surface area contributed by atoms with Gasteiger partial charge in [0.15, 0.2) is 0 Å². The quantitative estimate of drug-likeness (QED) is 0.669. The highest BCUT2D eigenvalue weighted by atomic mass is 16.5. The van der Waals surface area contributed by atoms with Crippen LogP contribution in [0.15, 0.2) is 40.9 Å². The number of aryl methyl sites for hydroxylation is 2. The summed E-state index contributed by atoms with van der Waals surface area (Å²) >= 11 is 0. The van der Waals surface area contributed by atoms with Crippen LogP contribution in [0.1, 0.15) is 34.7 Å². The van der Waals surface area contributed by atoms with E-state index in [0.29, 0.717) is 25.3 Å². The summed E-state index contributed by atoms with van der Waals surface area (Å²) in [7, 11) is 0. The van der Waals surface area contributed by atoms with Gasteiger partial charge in [0.05, 0.1) is 24.7 Å². The molecule has 2 aromatic heterocycles. The van der Waals surface area contributed by atoms with Gasteiger partial charge in [0.25, 0.3) is 6.47 Å². The van der Waals surface area contributed by atoms with Crippen molar-refractivity contribution in [3.63, 3.8) is 0 Å². The van der Waals surface area contributed by atoms with Gasteiger partial charge in [-0.1, -0.05) is 35.5 Å². The zero-order valence-corrected chi connectivity index (χ0v) is 16.4. The second kappa shape index (κ2) is 9.13. The van der Waals surface area contributed by atoms with Gasteiger partial charge in [-0.3, -0.25) is 9.59 Å². The Labute approximate surface area is 167 Å². The fourth-order valence-corrected chi connectivity index (χ4v) is 3.47. The first-order chi connectivity index (χ1) is 14.0. The van der Waals surface area contributed by atoms with Crippen LogP contribution in [0, 0.1) is 13.8 Å². The van der Waals surface area contributed by atoms with Gasteiger partial charge in [-0.2, -0.15) is 5.10 Å². The molecule has 0 unspecified atom stereocenters. The van der Waals surface area contributed by atoms with Crippen LogP contribution in [0.3, 0.4) is 0 Å². The summed E-state index contributed by atoms with van der Waals surface area (Å²) in [6, 6.07) is 11.8. The lowest BCUT2D eigenvalue weighted by atomic mass is 10.0. The maximum Gasteiger partial charge on any atom is 0.290 e. The molecule has 0 aliphatic carbocycles. The molecule has 1 N–H and O–H groups in total. The Morgan fingerprint density at radius 1 is 1.28 bits per heavy atom. The van der Waals surface area contributed by atoms with E-state index in [4.69, 9.17) is 14.4 Å². The second-order valence-electron chi connectivity index (χ2n) is 6.75. The van der Waals surface area contributed by atoms with Crippen LogP contribution < -0.4 is 0 Å². The Morgan fingerprint density at radius 3 is 2.66 bits per heavy atom. The zero-order valence-electron chi connectivity index (χ0n) is 16.4. The van der Waals surface area contributed by atoms with Crippen molar-refractivity contribution in [1.29, 1.82) is 0 Å². The number of nitrogens with zero attached hydrogens (tertiary/aromatic N) is 5. The average molecular weight is 397 g/mol. The number of amides is 1. The number of benzene rings is 1. The molecule has 1 aliphatic heterocycles. The fourth-order valence-electron chi connectivity index (χ4n) is 3.47. The molecule has 9 nitrogen and oxygen atoms in total. The van der Waals surface area contributed by atoms with E-state index in [1.807, 2.05) is 41.6 Å². The van der Waals surface area contributed by atoms with E-state index in [-0.39, 0.29) is 24.8 Å².